The lowest BCUT2D eigenvalue weighted by Crippen LogP contribution is -2.42. The Kier molecular flexibility index (Phi) is 4.42. The molecular weight excluding hydrogens is 330 g/mol. The van der Waals surface area contributed by atoms with Crippen molar-refractivity contribution < 1.29 is 9.53 Å². The van der Waals surface area contributed by atoms with E-state index in [1.807, 2.05) is 18.3 Å². The first kappa shape index (κ1) is 17.1. The summed E-state index contributed by atoms with van der Waals surface area (Å²) in [6, 6.07) is 3.86. The van der Waals surface area contributed by atoms with E-state index in [1.54, 1.807) is 31.4 Å². The average molecular weight is 353 g/mol. The molecule has 0 bridgehead atoms. The van der Waals surface area contributed by atoms with Crippen LogP contribution in [0.5, 0.6) is 0 Å². The Morgan fingerprint density at radius 2 is 2.27 bits per heavy atom. The van der Waals surface area contributed by atoms with Gasteiger partial charge in [0.25, 0.3) is 0 Å². The molecule has 2 aromatic rings. The molecule has 136 valence electrons. The molecule has 1 fully saturated rings. The second-order valence-electron chi connectivity index (χ2n) is 7.33. The summed E-state index contributed by atoms with van der Waals surface area (Å²) in [5.41, 5.74) is 2.86. The van der Waals surface area contributed by atoms with Gasteiger partial charge in [0.1, 0.15) is 0 Å². The molecule has 0 radical (unpaired) electrons. The zero-order valence-corrected chi connectivity index (χ0v) is 15.2. The number of hydrogen-bond donors (Lipinski definition) is 0. The summed E-state index contributed by atoms with van der Waals surface area (Å²) in [7, 11) is 3.58. The maximum Gasteiger partial charge on any atom is 0.236 e. The Bertz CT molecular complexity index is 811. The molecule has 2 aliphatic heterocycles. The van der Waals surface area contributed by atoms with Crippen molar-refractivity contribution in [2.75, 3.05) is 40.3 Å². The molecule has 0 aromatic carbocycles. The van der Waals surface area contributed by atoms with Crippen LogP contribution in [0.1, 0.15) is 17.7 Å². The number of aromatic nitrogens is 3. The number of carbonyl (C=O) groups excluding carboxylic acids is 1. The van der Waals surface area contributed by atoms with E-state index < -0.39 is 0 Å². The largest absolute Gasteiger partial charge is 0.376 e. The Morgan fingerprint density at radius 1 is 1.38 bits per heavy atom. The number of nitrogens with zero attached hydrogens (tertiary/aromatic N) is 5. The maximum atomic E-state index is 12.1. The highest BCUT2D eigenvalue weighted by Crippen LogP contribution is 2.39. The molecule has 0 aliphatic carbocycles. The standard InChI is InChI=1S/C19H23N5O2/c1-23(2)16(25)10-24-7-5-19(12-24)13-26-11-15-9-21-18(22-17(15)19)14-4-3-6-20-8-14/h3-4,6,8-9H,5,7,10-13H2,1-2H3/t19-/m1/s1. The average Bonchev–Trinajstić information content (AvgIpc) is 3.05. The van der Waals surface area contributed by atoms with E-state index in [9.17, 15) is 4.79 Å². The number of hydrogen-bond acceptors (Lipinski definition) is 6. The van der Waals surface area contributed by atoms with E-state index in [-0.39, 0.29) is 11.3 Å². The number of fused-ring (bicyclic) bond motifs is 2. The molecule has 2 aliphatic rings. The van der Waals surface area contributed by atoms with Crippen LogP contribution in [0, 0.1) is 0 Å². The third-order valence-electron chi connectivity index (χ3n) is 5.21. The Labute approximate surface area is 153 Å². The highest BCUT2D eigenvalue weighted by atomic mass is 16.5. The van der Waals surface area contributed by atoms with Crippen LogP contribution in [0.15, 0.2) is 30.7 Å². The number of likely N-dealkylation sites (N-methyl/N-ethyl adjacent to an activating group) is 1. The van der Waals surface area contributed by atoms with Crippen LogP contribution in [-0.4, -0.2) is 71.0 Å². The van der Waals surface area contributed by atoms with Crippen molar-refractivity contribution in [1.82, 2.24) is 24.8 Å². The fraction of sp³-hybridized carbons (Fsp3) is 0.474. The van der Waals surface area contributed by atoms with Gasteiger partial charge in [0, 0.05) is 50.4 Å². The Morgan fingerprint density at radius 3 is 3.04 bits per heavy atom. The monoisotopic (exact) mass is 353 g/mol. The van der Waals surface area contributed by atoms with Crippen LogP contribution in [0.3, 0.4) is 0 Å². The van der Waals surface area contributed by atoms with Crippen molar-refractivity contribution in [2.45, 2.75) is 18.4 Å². The summed E-state index contributed by atoms with van der Waals surface area (Å²) in [5, 5.41) is 0. The highest BCUT2D eigenvalue weighted by Gasteiger charge is 2.45. The lowest BCUT2D eigenvalue weighted by molar-refractivity contribution is -0.129. The van der Waals surface area contributed by atoms with Gasteiger partial charge in [-0.15, -0.1) is 0 Å². The number of carbonyl (C=O) groups is 1. The maximum absolute atomic E-state index is 12.1. The smallest absolute Gasteiger partial charge is 0.236 e. The van der Waals surface area contributed by atoms with Crippen molar-refractivity contribution >= 4 is 5.91 Å². The minimum atomic E-state index is -0.167. The molecule has 0 unspecified atom stereocenters. The van der Waals surface area contributed by atoms with Gasteiger partial charge in [0.15, 0.2) is 5.82 Å². The number of ether oxygens (including phenoxy) is 1. The van der Waals surface area contributed by atoms with Gasteiger partial charge < -0.3 is 9.64 Å². The first-order chi connectivity index (χ1) is 12.6. The molecule has 26 heavy (non-hydrogen) atoms. The molecule has 1 saturated heterocycles. The molecule has 1 spiro atoms. The van der Waals surface area contributed by atoms with Crippen molar-refractivity contribution in [3.8, 4) is 11.4 Å². The zero-order chi connectivity index (χ0) is 18.1. The first-order valence-electron chi connectivity index (χ1n) is 8.84. The van der Waals surface area contributed by atoms with Gasteiger partial charge in [-0.2, -0.15) is 0 Å². The molecule has 4 heterocycles. The van der Waals surface area contributed by atoms with Gasteiger partial charge in [-0.1, -0.05) is 0 Å². The van der Waals surface area contributed by atoms with Crippen LogP contribution >= 0.6 is 0 Å². The molecule has 4 rings (SSSR count). The molecule has 7 heteroatoms. The molecule has 0 N–H and O–H groups in total. The van der Waals surface area contributed by atoms with Crippen molar-refractivity contribution in [1.29, 1.82) is 0 Å². The van der Waals surface area contributed by atoms with E-state index in [1.165, 1.54) is 0 Å². The van der Waals surface area contributed by atoms with Crippen molar-refractivity contribution in [3.05, 3.63) is 42.0 Å². The van der Waals surface area contributed by atoms with E-state index in [0.717, 1.165) is 36.3 Å². The van der Waals surface area contributed by atoms with Gasteiger partial charge in [-0.25, -0.2) is 9.97 Å². The Hall–Kier alpha value is -2.38. The SMILES string of the molecule is CN(C)C(=O)CN1CC[C@]2(COCc3cnc(-c4cccnc4)nc32)C1. The van der Waals surface area contributed by atoms with Crippen LogP contribution in [-0.2, 0) is 21.6 Å². The van der Waals surface area contributed by atoms with Crippen LogP contribution in [0.4, 0.5) is 0 Å². The highest BCUT2D eigenvalue weighted by molar-refractivity contribution is 5.77. The van der Waals surface area contributed by atoms with E-state index in [0.29, 0.717) is 25.6 Å². The van der Waals surface area contributed by atoms with Crippen LogP contribution in [0.2, 0.25) is 0 Å². The fourth-order valence-electron chi connectivity index (χ4n) is 3.77. The minimum absolute atomic E-state index is 0.123. The first-order valence-corrected chi connectivity index (χ1v) is 8.84. The lowest BCUT2D eigenvalue weighted by atomic mass is 9.80. The fourth-order valence-corrected chi connectivity index (χ4v) is 3.77. The number of amides is 1. The van der Waals surface area contributed by atoms with Gasteiger partial charge in [-0.05, 0) is 25.1 Å². The van der Waals surface area contributed by atoms with Crippen molar-refractivity contribution in [3.63, 3.8) is 0 Å². The summed E-state index contributed by atoms with van der Waals surface area (Å²) >= 11 is 0. The van der Waals surface area contributed by atoms with E-state index >= 15 is 0 Å². The minimum Gasteiger partial charge on any atom is -0.376 e. The molecular formula is C19H23N5O2. The molecule has 1 atom stereocenters. The third kappa shape index (κ3) is 3.08. The van der Waals surface area contributed by atoms with Gasteiger partial charge in [-0.3, -0.25) is 14.7 Å². The topological polar surface area (TPSA) is 71.5 Å². The predicted octanol–water partition coefficient (Wildman–Crippen LogP) is 1.10. The molecule has 2 aromatic heterocycles. The molecule has 1 amide bonds. The second-order valence-corrected chi connectivity index (χ2v) is 7.33. The summed E-state index contributed by atoms with van der Waals surface area (Å²) in [5.74, 6) is 0.818. The zero-order valence-electron chi connectivity index (χ0n) is 15.2. The summed E-state index contributed by atoms with van der Waals surface area (Å²) in [6.45, 7) is 3.26. The number of likely N-dealkylation sites (tertiary alicyclic amines) is 1. The quantitative estimate of drug-likeness (QED) is 0.823. The van der Waals surface area contributed by atoms with Gasteiger partial charge in [0.2, 0.25) is 5.91 Å². The van der Waals surface area contributed by atoms with Crippen LogP contribution in [0.25, 0.3) is 11.4 Å². The lowest BCUT2D eigenvalue weighted by Gasteiger charge is -2.34. The van der Waals surface area contributed by atoms with E-state index in [4.69, 9.17) is 9.72 Å². The van der Waals surface area contributed by atoms with E-state index in [2.05, 4.69) is 14.9 Å². The van der Waals surface area contributed by atoms with Gasteiger partial charge in [0.05, 0.1) is 30.9 Å². The number of rotatable bonds is 3. The van der Waals surface area contributed by atoms with Crippen LogP contribution < -0.4 is 0 Å². The predicted molar refractivity (Wildman–Crippen MR) is 96.3 cm³/mol. The summed E-state index contributed by atoms with van der Waals surface area (Å²) in [6.07, 6.45) is 6.34. The second kappa shape index (κ2) is 6.74. The molecule has 7 nitrogen and oxygen atoms in total. The van der Waals surface area contributed by atoms with Crippen molar-refractivity contribution in [2.24, 2.45) is 0 Å². The third-order valence-corrected chi connectivity index (χ3v) is 5.21. The molecule has 0 saturated carbocycles. The summed E-state index contributed by atoms with van der Waals surface area (Å²) < 4.78 is 5.87. The Balaban J connectivity index is 1.64. The van der Waals surface area contributed by atoms with Gasteiger partial charge >= 0.3 is 0 Å². The summed E-state index contributed by atoms with van der Waals surface area (Å²) in [4.78, 5) is 29.5. The number of pyridine rings is 1. The normalized spacial score (nSPS) is 22.4.